The van der Waals surface area contributed by atoms with Gasteiger partial charge in [-0.05, 0) is 37.3 Å². The summed E-state index contributed by atoms with van der Waals surface area (Å²) in [5.74, 6) is -2.50. The van der Waals surface area contributed by atoms with Crippen molar-refractivity contribution in [2.75, 3.05) is 11.1 Å². The highest BCUT2D eigenvalue weighted by Crippen LogP contribution is 2.20. The molecular formula is C15H13FN2O3. The Balaban J connectivity index is 2.38. The molecule has 4 N–H and O–H groups in total. The van der Waals surface area contributed by atoms with Crippen LogP contribution in [0.5, 0.6) is 0 Å². The molecule has 2 rings (SSSR count). The number of benzene rings is 2. The van der Waals surface area contributed by atoms with E-state index < -0.39 is 17.7 Å². The lowest BCUT2D eigenvalue weighted by Gasteiger charge is -2.10. The molecule has 21 heavy (non-hydrogen) atoms. The average molecular weight is 288 g/mol. The van der Waals surface area contributed by atoms with Crippen LogP contribution in [0.15, 0.2) is 36.4 Å². The molecule has 0 aliphatic heterocycles. The molecule has 108 valence electrons. The number of aromatic carboxylic acids is 1. The number of nitrogen functional groups attached to an aromatic ring is 1. The molecule has 2 aromatic rings. The highest BCUT2D eigenvalue weighted by atomic mass is 19.1. The summed E-state index contributed by atoms with van der Waals surface area (Å²) in [4.78, 5) is 23.2. The van der Waals surface area contributed by atoms with Gasteiger partial charge < -0.3 is 16.2 Å². The molecule has 0 fully saturated rings. The van der Waals surface area contributed by atoms with E-state index in [1.165, 1.54) is 0 Å². The second kappa shape index (κ2) is 5.62. The molecule has 5 nitrogen and oxygen atoms in total. The van der Waals surface area contributed by atoms with Crippen LogP contribution in [-0.4, -0.2) is 17.0 Å². The zero-order valence-corrected chi connectivity index (χ0v) is 11.2. The summed E-state index contributed by atoms with van der Waals surface area (Å²) in [7, 11) is 0. The van der Waals surface area contributed by atoms with Gasteiger partial charge in [-0.15, -0.1) is 0 Å². The zero-order chi connectivity index (χ0) is 15.6. The maximum atomic E-state index is 13.2. The molecule has 1 amide bonds. The van der Waals surface area contributed by atoms with Crippen molar-refractivity contribution in [1.29, 1.82) is 0 Å². The average Bonchev–Trinajstić information content (AvgIpc) is 2.41. The fraction of sp³-hybridized carbons (Fsp3) is 0.0667. The maximum absolute atomic E-state index is 13.2. The summed E-state index contributed by atoms with van der Waals surface area (Å²) >= 11 is 0. The Labute approximate surface area is 120 Å². The van der Waals surface area contributed by atoms with Crippen molar-refractivity contribution < 1.29 is 19.1 Å². The van der Waals surface area contributed by atoms with Crippen molar-refractivity contribution in [2.45, 2.75) is 6.92 Å². The predicted molar refractivity (Wildman–Crippen MR) is 76.9 cm³/mol. The third-order valence-electron chi connectivity index (χ3n) is 2.91. The molecule has 2 aromatic carbocycles. The quantitative estimate of drug-likeness (QED) is 0.757. The van der Waals surface area contributed by atoms with Crippen molar-refractivity contribution in [3.05, 3.63) is 58.9 Å². The molecule has 0 heterocycles. The van der Waals surface area contributed by atoms with Crippen molar-refractivity contribution in [1.82, 2.24) is 0 Å². The molecule has 0 aliphatic carbocycles. The highest BCUT2D eigenvalue weighted by molar-refractivity contribution is 6.10. The van der Waals surface area contributed by atoms with Crippen LogP contribution < -0.4 is 11.1 Å². The van der Waals surface area contributed by atoms with E-state index >= 15 is 0 Å². The molecule has 0 aliphatic rings. The van der Waals surface area contributed by atoms with E-state index in [0.29, 0.717) is 0 Å². The van der Waals surface area contributed by atoms with Crippen LogP contribution in [0.3, 0.4) is 0 Å². The third kappa shape index (κ3) is 3.17. The van der Waals surface area contributed by atoms with Crippen LogP contribution in [0.1, 0.15) is 26.3 Å². The fourth-order valence-electron chi connectivity index (χ4n) is 1.86. The van der Waals surface area contributed by atoms with Crippen molar-refractivity contribution in [3.8, 4) is 0 Å². The summed E-state index contributed by atoms with van der Waals surface area (Å²) in [5.41, 5.74) is 6.69. The van der Waals surface area contributed by atoms with Gasteiger partial charge in [0.05, 0.1) is 16.8 Å². The molecule has 0 saturated carbocycles. The number of halogens is 1. The topological polar surface area (TPSA) is 92.4 Å². The van der Waals surface area contributed by atoms with Crippen LogP contribution >= 0.6 is 0 Å². The Morgan fingerprint density at radius 3 is 2.52 bits per heavy atom. The maximum Gasteiger partial charge on any atom is 0.337 e. The van der Waals surface area contributed by atoms with Crippen molar-refractivity contribution in [3.63, 3.8) is 0 Å². The van der Waals surface area contributed by atoms with Gasteiger partial charge in [0, 0.05) is 5.69 Å². The summed E-state index contributed by atoms with van der Waals surface area (Å²) < 4.78 is 13.2. The van der Waals surface area contributed by atoms with Crippen LogP contribution in [0.2, 0.25) is 0 Å². The van der Waals surface area contributed by atoms with Gasteiger partial charge in [-0.1, -0.05) is 11.6 Å². The summed E-state index contributed by atoms with van der Waals surface area (Å²) in [5, 5.41) is 11.4. The summed E-state index contributed by atoms with van der Waals surface area (Å²) in [6.07, 6.45) is 0. The highest BCUT2D eigenvalue weighted by Gasteiger charge is 2.16. The SMILES string of the molecule is Cc1ccc(N)c(C(=O)Nc2cc(F)ccc2C(=O)O)c1. The lowest BCUT2D eigenvalue weighted by molar-refractivity contribution is 0.0698. The number of carboxylic acid groups (broad SMARTS) is 1. The number of carbonyl (C=O) groups is 2. The van der Waals surface area contributed by atoms with E-state index in [-0.39, 0.29) is 22.5 Å². The minimum atomic E-state index is -1.26. The molecule has 0 bridgehead atoms. The minimum absolute atomic E-state index is 0.117. The summed E-state index contributed by atoms with van der Waals surface area (Å²) in [6, 6.07) is 7.95. The number of rotatable bonds is 3. The monoisotopic (exact) mass is 288 g/mol. The first-order valence-electron chi connectivity index (χ1n) is 6.09. The van der Waals surface area contributed by atoms with E-state index in [0.717, 1.165) is 23.8 Å². The van der Waals surface area contributed by atoms with Gasteiger partial charge in [-0.3, -0.25) is 4.79 Å². The van der Waals surface area contributed by atoms with E-state index in [2.05, 4.69) is 5.32 Å². The number of aryl methyl sites for hydroxylation is 1. The van der Waals surface area contributed by atoms with Crippen LogP contribution in [0.4, 0.5) is 15.8 Å². The van der Waals surface area contributed by atoms with Crippen LogP contribution in [-0.2, 0) is 0 Å². The normalized spacial score (nSPS) is 10.2. The summed E-state index contributed by atoms with van der Waals surface area (Å²) in [6.45, 7) is 1.79. The number of nitrogens with one attached hydrogen (secondary N) is 1. The number of hydrogen-bond acceptors (Lipinski definition) is 3. The Morgan fingerprint density at radius 1 is 1.14 bits per heavy atom. The van der Waals surface area contributed by atoms with Gasteiger partial charge in [0.25, 0.3) is 5.91 Å². The third-order valence-corrected chi connectivity index (χ3v) is 2.91. The van der Waals surface area contributed by atoms with Crippen molar-refractivity contribution in [2.24, 2.45) is 0 Å². The number of hydrogen-bond donors (Lipinski definition) is 3. The zero-order valence-electron chi connectivity index (χ0n) is 11.2. The predicted octanol–water partition coefficient (Wildman–Crippen LogP) is 2.67. The van der Waals surface area contributed by atoms with E-state index in [4.69, 9.17) is 10.8 Å². The Bertz CT molecular complexity index is 729. The van der Waals surface area contributed by atoms with Gasteiger partial charge in [-0.25, -0.2) is 9.18 Å². The van der Waals surface area contributed by atoms with Gasteiger partial charge in [0.2, 0.25) is 0 Å². The molecule has 0 atom stereocenters. The van der Waals surface area contributed by atoms with Gasteiger partial charge in [0.1, 0.15) is 5.82 Å². The Hall–Kier alpha value is -2.89. The van der Waals surface area contributed by atoms with E-state index in [1.807, 2.05) is 0 Å². The second-order valence-corrected chi connectivity index (χ2v) is 4.54. The number of carbonyl (C=O) groups excluding carboxylic acids is 1. The van der Waals surface area contributed by atoms with Gasteiger partial charge in [-0.2, -0.15) is 0 Å². The van der Waals surface area contributed by atoms with Gasteiger partial charge in [0.15, 0.2) is 0 Å². The smallest absolute Gasteiger partial charge is 0.337 e. The van der Waals surface area contributed by atoms with E-state index in [1.54, 1.807) is 25.1 Å². The molecule has 0 saturated heterocycles. The number of amides is 1. The molecule has 0 radical (unpaired) electrons. The molecule has 0 unspecified atom stereocenters. The van der Waals surface area contributed by atoms with E-state index in [9.17, 15) is 14.0 Å². The first-order chi connectivity index (χ1) is 9.88. The van der Waals surface area contributed by atoms with Gasteiger partial charge >= 0.3 is 5.97 Å². The lowest BCUT2D eigenvalue weighted by atomic mass is 10.1. The van der Waals surface area contributed by atoms with Crippen LogP contribution in [0.25, 0.3) is 0 Å². The Morgan fingerprint density at radius 2 is 1.86 bits per heavy atom. The minimum Gasteiger partial charge on any atom is -0.478 e. The number of nitrogens with two attached hydrogens (primary N) is 1. The van der Waals surface area contributed by atoms with Crippen molar-refractivity contribution >= 4 is 23.3 Å². The largest absolute Gasteiger partial charge is 0.478 e. The Kier molecular flexibility index (Phi) is 3.89. The lowest BCUT2D eigenvalue weighted by Crippen LogP contribution is -2.16. The van der Waals surface area contributed by atoms with Crippen LogP contribution in [0, 0.1) is 12.7 Å². The second-order valence-electron chi connectivity index (χ2n) is 4.54. The fourth-order valence-corrected chi connectivity index (χ4v) is 1.86. The first-order valence-corrected chi connectivity index (χ1v) is 6.09. The molecule has 6 heteroatoms. The number of carboxylic acids is 1. The standard InChI is InChI=1S/C15H13FN2O3/c1-8-2-5-12(17)11(6-8)14(19)18-13-7-9(16)3-4-10(13)15(20)21/h2-7H,17H2,1H3,(H,18,19)(H,20,21). The first kappa shape index (κ1) is 14.5. The molecule has 0 aromatic heterocycles. The number of anilines is 2. The molecular weight excluding hydrogens is 275 g/mol. The molecule has 0 spiro atoms.